The third-order valence-electron chi connectivity index (χ3n) is 4.06. The molecule has 1 aromatic heterocycles. The van der Waals surface area contributed by atoms with Crippen LogP contribution in [0, 0.1) is 6.92 Å². The molecule has 0 spiro atoms. The second-order valence-corrected chi connectivity index (χ2v) is 5.33. The highest BCUT2D eigenvalue weighted by molar-refractivity contribution is 5.73. The van der Waals surface area contributed by atoms with Crippen molar-refractivity contribution >= 4 is 5.69 Å². The fourth-order valence-electron chi connectivity index (χ4n) is 3.01. The van der Waals surface area contributed by atoms with Crippen LogP contribution in [-0.4, -0.2) is 21.9 Å². The molecule has 0 atom stereocenters. The van der Waals surface area contributed by atoms with Crippen LogP contribution in [0.4, 0.5) is 5.69 Å². The normalized spacial score (nSPS) is 15.7. The second-order valence-electron chi connectivity index (χ2n) is 5.33. The zero-order valence-corrected chi connectivity index (χ0v) is 12.0. The highest BCUT2D eigenvalue weighted by atomic mass is 16.5. The Morgan fingerprint density at radius 3 is 2.70 bits per heavy atom. The monoisotopic (exact) mass is 272 g/mol. The first-order chi connectivity index (χ1) is 9.70. The van der Waals surface area contributed by atoms with Crippen LogP contribution in [0.25, 0.3) is 11.4 Å². The number of aryl methyl sites for hydroxylation is 1. The van der Waals surface area contributed by atoms with E-state index in [9.17, 15) is 0 Å². The lowest BCUT2D eigenvalue weighted by Gasteiger charge is -2.17. The van der Waals surface area contributed by atoms with Crippen LogP contribution in [-0.2, 0) is 0 Å². The molecular formula is C15H20N4O. The van der Waals surface area contributed by atoms with Gasteiger partial charge in [0, 0.05) is 17.3 Å². The van der Waals surface area contributed by atoms with E-state index >= 15 is 0 Å². The Kier molecular flexibility index (Phi) is 3.34. The number of ether oxygens (including phenoxy) is 1. The van der Waals surface area contributed by atoms with Gasteiger partial charge in [0.05, 0.1) is 7.11 Å². The number of anilines is 1. The van der Waals surface area contributed by atoms with E-state index in [-0.39, 0.29) is 0 Å². The average Bonchev–Trinajstić information content (AvgIpc) is 3.08. The molecule has 0 radical (unpaired) electrons. The van der Waals surface area contributed by atoms with Gasteiger partial charge in [-0.3, -0.25) is 0 Å². The number of nitrogens with two attached hydrogens (primary N) is 1. The molecule has 1 aliphatic rings. The maximum Gasteiger partial charge on any atom is 0.166 e. The standard InChI is InChI=1S/C15H20N4O/c1-10-17-18-15(19(10)11-5-3-4-6-11)13-9-12(20-2)7-8-14(13)16/h7-9,11H,3-6,16H2,1-2H3. The molecule has 3 rings (SSSR count). The predicted octanol–water partition coefficient (Wildman–Crippen LogP) is 2.96. The first-order valence-corrected chi connectivity index (χ1v) is 7.06. The van der Waals surface area contributed by atoms with Crippen LogP contribution in [0.5, 0.6) is 5.75 Å². The molecule has 0 bridgehead atoms. The van der Waals surface area contributed by atoms with Crippen LogP contribution < -0.4 is 10.5 Å². The molecule has 1 heterocycles. The summed E-state index contributed by atoms with van der Waals surface area (Å²) in [6.45, 7) is 2.01. The molecule has 5 heteroatoms. The van der Waals surface area contributed by atoms with Crippen molar-refractivity contribution in [2.24, 2.45) is 0 Å². The van der Waals surface area contributed by atoms with E-state index in [0.29, 0.717) is 11.7 Å². The van der Waals surface area contributed by atoms with Gasteiger partial charge in [0.25, 0.3) is 0 Å². The molecule has 20 heavy (non-hydrogen) atoms. The summed E-state index contributed by atoms with van der Waals surface area (Å²) in [4.78, 5) is 0. The van der Waals surface area contributed by atoms with Gasteiger partial charge in [0.2, 0.25) is 0 Å². The molecule has 0 aliphatic heterocycles. The van der Waals surface area contributed by atoms with Gasteiger partial charge >= 0.3 is 0 Å². The Morgan fingerprint density at radius 1 is 1.25 bits per heavy atom. The highest BCUT2D eigenvalue weighted by Crippen LogP contribution is 2.36. The van der Waals surface area contributed by atoms with Gasteiger partial charge in [0.15, 0.2) is 5.82 Å². The van der Waals surface area contributed by atoms with E-state index in [1.165, 1.54) is 25.7 Å². The van der Waals surface area contributed by atoms with Crippen LogP contribution in [0.1, 0.15) is 37.5 Å². The summed E-state index contributed by atoms with van der Waals surface area (Å²) < 4.78 is 7.52. The molecule has 2 N–H and O–H groups in total. The molecular weight excluding hydrogens is 252 g/mol. The maximum absolute atomic E-state index is 6.12. The van der Waals surface area contributed by atoms with Gasteiger partial charge in [-0.25, -0.2) is 0 Å². The van der Waals surface area contributed by atoms with Crippen molar-refractivity contribution in [2.45, 2.75) is 38.6 Å². The van der Waals surface area contributed by atoms with Crippen LogP contribution in [0.2, 0.25) is 0 Å². The summed E-state index contributed by atoms with van der Waals surface area (Å²) >= 11 is 0. The fourth-order valence-corrected chi connectivity index (χ4v) is 3.01. The van der Waals surface area contributed by atoms with E-state index in [1.54, 1.807) is 7.11 Å². The average molecular weight is 272 g/mol. The smallest absolute Gasteiger partial charge is 0.166 e. The lowest BCUT2D eigenvalue weighted by Crippen LogP contribution is -2.09. The molecule has 1 aliphatic carbocycles. The van der Waals surface area contributed by atoms with Crippen molar-refractivity contribution in [1.29, 1.82) is 0 Å². The third kappa shape index (κ3) is 2.13. The Labute approximate surface area is 118 Å². The number of nitrogens with zero attached hydrogens (tertiary/aromatic N) is 3. The summed E-state index contributed by atoms with van der Waals surface area (Å²) in [5.74, 6) is 2.59. The minimum Gasteiger partial charge on any atom is -0.497 e. The molecule has 2 aromatic rings. The number of benzene rings is 1. The van der Waals surface area contributed by atoms with Crippen LogP contribution in [0.15, 0.2) is 18.2 Å². The summed E-state index contributed by atoms with van der Waals surface area (Å²) in [6, 6.07) is 6.15. The summed E-state index contributed by atoms with van der Waals surface area (Å²) in [5, 5.41) is 8.59. The van der Waals surface area contributed by atoms with E-state index in [2.05, 4.69) is 14.8 Å². The maximum atomic E-state index is 6.12. The molecule has 0 unspecified atom stereocenters. The van der Waals surface area contributed by atoms with Crippen LogP contribution in [0.3, 0.4) is 0 Å². The fraction of sp³-hybridized carbons (Fsp3) is 0.467. The Morgan fingerprint density at radius 2 is 2.00 bits per heavy atom. The Hall–Kier alpha value is -2.04. The van der Waals surface area contributed by atoms with Crippen molar-refractivity contribution in [3.63, 3.8) is 0 Å². The zero-order valence-electron chi connectivity index (χ0n) is 12.0. The van der Waals surface area contributed by atoms with Crippen molar-refractivity contribution < 1.29 is 4.74 Å². The molecule has 0 amide bonds. The van der Waals surface area contributed by atoms with Gasteiger partial charge in [-0.2, -0.15) is 0 Å². The van der Waals surface area contributed by atoms with Crippen molar-refractivity contribution in [3.05, 3.63) is 24.0 Å². The van der Waals surface area contributed by atoms with Gasteiger partial charge in [-0.05, 0) is 38.0 Å². The number of rotatable bonds is 3. The van der Waals surface area contributed by atoms with E-state index in [0.717, 1.165) is 23.0 Å². The summed E-state index contributed by atoms with van der Waals surface area (Å²) in [7, 11) is 1.66. The first kappa shape index (κ1) is 13.0. The van der Waals surface area contributed by atoms with E-state index < -0.39 is 0 Å². The van der Waals surface area contributed by atoms with Crippen LogP contribution >= 0.6 is 0 Å². The Bertz CT molecular complexity index is 614. The predicted molar refractivity (Wildman–Crippen MR) is 78.7 cm³/mol. The molecule has 1 fully saturated rings. The first-order valence-electron chi connectivity index (χ1n) is 7.06. The van der Waals surface area contributed by atoms with E-state index in [1.807, 2.05) is 25.1 Å². The van der Waals surface area contributed by atoms with Crippen molar-refractivity contribution in [1.82, 2.24) is 14.8 Å². The van der Waals surface area contributed by atoms with Gasteiger partial charge in [-0.15, -0.1) is 10.2 Å². The number of hydrogen-bond acceptors (Lipinski definition) is 4. The van der Waals surface area contributed by atoms with Crippen molar-refractivity contribution in [2.75, 3.05) is 12.8 Å². The molecule has 5 nitrogen and oxygen atoms in total. The number of hydrogen-bond donors (Lipinski definition) is 1. The zero-order chi connectivity index (χ0) is 14.1. The van der Waals surface area contributed by atoms with E-state index in [4.69, 9.17) is 10.5 Å². The lowest BCUT2D eigenvalue weighted by molar-refractivity contribution is 0.415. The summed E-state index contributed by atoms with van der Waals surface area (Å²) in [6.07, 6.45) is 4.93. The quantitative estimate of drug-likeness (QED) is 0.872. The molecule has 0 saturated heterocycles. The minimum absolute atomic E-state index is 0.491. The summed E-state index contributed by atoms with van der Waals surface area (Å²) in [5.41, 5.74) is 7.72. The second kappa shape index (κ2) is 5.15. The third-order valence-corrected chi connectivity index (χ3v) is 4.06. The number of nitrogen functional groups attached to an aromatic ring is 1. The largest absolute Gasteiger partial charge is 0.497 e. The molecule has 1 aromatic carbocycles. The Balaban J connectivity index is 2.10. The SMILES string of the molecule is COc1ccc(N)c(-c2nnc(C)n2C2CCCC2)c1. The number of aromatic nitrogens is 3. The molecule has 106 valence electrons. The number of methoxy groups -OCH3 is 1. The van der Waals surface area contributed by atoms with Gasteiger partial charge in [0.1, 0.15) is 11.6 Å². The lowest BCUT2D eigenvalue weighted by atomic mass is 10.1. The van der Waals surface area contributed by atoms with Gasteiger partial charge < -0.3 is 15.0 Å². The molecule has 1 saturated carbocycles. The topological polar surface area (TPSA) is 66.0 Å². The van der Waals surface area contributed by atoms with Crippen molar-refractivity contribution in [3.8, 4) is 17.1 Å². The van der Waals surface area contributed by atoms with Gasteiger partial charge in [-0.1, -0.05) is 12.8 Å². The highest BCUT2D eigenvalue weighted by Gasteiger charge is 2.24. The minimum atomic E-state index is 0.491.